The fourth-order valence-electron chi connectivity index (χ4n) is 1.89. The van der Waals surface area contributed by atoms with Crippen molar-refractivity contribution in [2.24, 2.45) is 5.92 Å². The first-order valence-electron chi connectivity index (χ1n) is 5.47. The van der Waals surface area contributed by atoms with Crippen molar-refractivity contribution >= 4 is 16.7 Å². The summed E-state index contributed by atoms with van der Waals surface area (Å²) in [5.41, 5.74) is 8.30. The van der Waals surface area contributed by atoms with Gasteiger partial charge in [-0.2, -0.15) is 0 Å². The zero-order valence-electron chi connectivity index (χ0n) is 9.64. The molecule has 0 atom stereocenters. The van der Waals surface area contributed by atoms with Gasteiger partial charge in [-0.3, -0.25) is 0 Å². The maximum absolute atomic E-state index is 9.29. The Morgan fingerprint density at radius 3 is 2.81 bits per heavy atom. The molecule has 86 valence electrons. The quantitative estimate of drug-likeness (QED) is 0.773. The van der Waals surface area contributed by atoms with E-state index in [2.05, 4.69) is 23.4 Å². The molecule has 1 heterocycles. The molecule has 4 heteroatoms. The van der Waals surface area contributed by atoms with E-state index in [9.17, 15) is 5.11 Å². The lowest BCUT2D eigenvalue weighted by Crippen LogP contribution is -2.08. The molecule has 0 amide bonds. The highest BCUT2D eigenvalue weighted by Gasteiger charge is 2.10. The van der Waals surface area contributed by atoms with Gasteiger partial charge in [-0.1, -0.05) is 13.8 Å². The van der Waals surface area contributed by atoms with E-state index < -0.39 is 0 Å². The third kappa shape index (κ3) is 1.88. The highest BCUT2D eigenvalue weighted by Crippen LogP contribution is 2.20. The molecule has 0 aliphatic heterocycles. The van der Waals surface area contributed by atoms with Gasteiger partial charge in [-0.15, -0.1) is 0 Å². The van der Waals surface area contributed by atoms with E-state index in [0.29, 0.717) is 17.4 Å². The number of benzene rings is 1. The Bertz CT molecular complexity index is 502. The monoisotopic (exact) mass is 219 g/mol. The summed E-state index contributed by atoms with van der Waals surface area (Å²) in [7, 11) is 0. The fraction of sp³-hybridized carbons (Fsp3) is 0.417. The number of aliphatic hydroxyl groups excluding tert-OH is 1. The highest BCUT2D eigenvalue weighted by molar-refractivity contribution is 5.79. The Morgan fingerprint density at radius 1 is 1.44 bits per heavy atom. The molecule has 3 N–H and O–H groups in total. The van der Waals surface area contributed by atoms with Gasteiger partial charge in [0.15, 0.2) is 0 Å². The van der Waals surface area contributed by atoms with Gasteiger partial charge >= 0.3 is 0 Å². The van der Waals surface area contributed by atoms with E-state index in [1.54, 1.807) is 0 Å². The van der Waals surface area contributed by atoms with Gasteiger partial charge in [0.05, 0.1) is 11.0 Å². The molecule has 0 spiro atoms. The molecule has 1 aromatic carbocycles. The van der Waals surface area contributed by atoms with Crippen LogP contribution in [0, 0.1) is 5.92 Å². The lowest BCUT2D eigenvalue weighted by molar-refractivity contribution is 0.263. The number of nitrogen functional groups attached to an aromatic ring is 1. The minimum Gasteiger partial charge on any atom is -0.399 e. The third-order valence-corrected chi connectivity index (χ3v) is 2.54. The first kappa shape index (κ1) is 11.0. The molecule has 0 bridgehead atoms. The number of imidazole rings is 1. The number of rotatable bonds is 3. The fourth-order valence-corrected chi connectivity index (χ4v) is 1.89. The van der Waals surface area contributed by atoms with Gasteiger partial charge in [0.1, 0.15) is 12.4 Å². The summed E-state index contributed by atoms with van der Waals surface area (Å²) in [4.78, 5) is 4.38. The van der Waals surface area contributed by atoms with Crippen molar-refractivity contribution in [3.8, 4) is 0 Å². The predicted molar refractivity (Wildman–Crippen MR) is 64.9 cm³/mol. The molecule has 2 rings (SSSR count). The van der Waals surface area contributed by atoms with E-state index >= 15 is 0 Å². The first-order valence-corrected chi connectivity index (χ1v) is 5.47. The van der Waals surface area contributed by atoms with Crippen LogP contribution in [0.5, 0.6) is 0 Å². The Hall–Kier alpha value is -1.55. The molecule has 2 aromatic rings. The summed E-state index contributed by atoms with van der Waals surface area (Å²) in [6.45, 7) is 5.10. The zero-order valence-corrected chi connectivity index (χ0v) is 9.64. The molecule has 0 saturated carbocycles. The Labute approximate surface area is 94.7 Å². The number of hydrogen-bond donors (Lipinski definition) is 2. The summed E-state index contributed by atoms with van der Waals surface area (Å²) in [5, 5.41) is 9.29. The van der Waals surface area contributed by atoms with Crippen molar-refractivity contribution < 1.29 is 5.11 Å². The largest absolute Gasteiger partial charge is 0.399 e. The van der Waals surface area contributed by atoms with Crippen LogP contribution in [0.3, 0.4) is 0 Å². The van der Waals surface area contributed by atoms with Gasteiger partial charge in [-0.05, 0) is 24.1 Å². The number of hydrogen-bond acceptors (Lipinski definition) is 3. The Balaban J connectivity index is 2.59. The van der Waals surface area contributed by atoms with E-state index in [-0.39, 0.29) is 6.61 Å². The molecular formula is C12H17N3O. The van der Waals surface area contributed by atoms with Crippen LogP contribution in [0.2, 0.25) is 0 Å². The van der Waals surface area contributed by atoms with Gasteiger partial charge in [0.2, 0.25) is 0 Å². The van der Waals surface area contributed by atoms with E-state index in [1.165, 1.54) is 0 Å². The van der Waals surface area contributed by atoms with Gasteiger partial charge in [-0.25, -0.2) is 4.98 Å². The van der Waals surface area contributed by atoms with Crippen LogP contribution in [0.4, 0.5) is 5.69 Å². The minimum atomic E-state index is -0.0404. The van der Waals surface area contributed by atoms with Crippen LogP contribution >= 0.6 is 0 Å². The molecule has 1 aromatic heterocycles. The highest BCUT2D eigenvalue weighted by atomic mass is 16.3. The van der Waals surface area contributed by atoms with Crippen molar-refractivity contribution in [3.63, 3.8) is 0 Å². The van der Waals surface area contributed by atoms with Crippen LogP contribution in [-0.4, -0.2) is 14.7 Å². The van der Waals surface area contributed by atoms with Crippen LogP contribution in [0.15, 0.2) is 18.2 Å². The number of aromatic nitrogens is 2. The topological polar surface area (TPSA) is 64.1 Å². The summed E-state index contributed by atoms with van der Waals surface area (Å²) < 4.78 is 2.05. The van der Waals surface area contributed by atoms with Crippen LogP contribution < -0.4 is 5.73 Å². The molecule has 0 unspecified atom stereocenters. The maximum atomic E-state index is 9.29. The molecule has 0 aliphatic carbocycles. The Morgan fingerprint density at radius 2 is 2.19 bits per heavy atom. The number of nitrogens with two attached hydrogens (primary N) is 1. The van der Waals surface area contributed by atoms with Crippen molar-refractivity contribution in [2.45, 2.75) is 27.0 Å². The molecule has 0 saturated heterocycles. The summed E-state index contributed by atoms with van der Waals surface area (Å²) in [6.07, 6.45) is 0. The smallest absolute Gasteiger partial charge is 0.135 e. The average molecular weight is 219 g/mol. The summed E-state index contributed by atoms with van der Waals surface area (Å²) >= 11 is 0. The molecule has 4 nitrogen and oxygen atoms in total. The molecule has 0 aliphatic rings. The zero-order chi connectivity index (χ0) is 11.7. The van der Waals surface area contributed by atoms with E-state index in [0.717, 1.165) is 17.6 Å². The van der Waals surface area contributed by atoms with Crippen molar-refractivity contribution in [2.75, 3.05) is 5.73 Å². The van der Waals surface area contributed by atoms with Crippen LogP contribution in [0.1, 0.15) is 19.7 Å². The lowest BCUT2D eigenvalue weighted by atomic mass is 10.2. The maximum Gasteiger partial charge on any atom is 0.135 e. The lowest BCUT2D eigenvalue weighted by Gasteiger charge is -2.10. The average Bonchev–Trinajstić information content (AvgIpc) is 2.55. The summed E-state index contributed by atoms with van der Waals surface area (Å²) in [5.74, 6) is 1.22. The molecule has 0 radical (unpaired) electrons. The second-order valence-electron chi connectivity index (χ2n) is 4.44. The van der Waals surface area contributed by atoms with Gasteiger partial charge < -0.3 is 15.4 Å². The predicted octanol–water partition coefficient (Wildman–Crippen LogP) is 1.77. The van der Waals surface area contributed by atoms with E-state index in [1.807, 2.05) is 18.2 Å². The SMILES string of the molecule is CC(C)Cn1c(CO)nc2cc(N)ccc21. The number of fused-ring (bicyclic) bond motifs is 1. The van der Waals surface area contributed by atoms with Gasteiger partial charge in [0.25, 0.3) is 0 Å². The Kier molecular flexibility index (Phi) is 2.83. The number of nitrogens with zero attached hydrogens (tertiary/aromatic N) is 2. The normalized spacial score (nSPS) is 11.5. The number of aliphatic hydroxyl groups is 1. The van der Waals surface area contributed by atoms with Crippen LogP contribution in [-0.2, 0) is 13.2 Å². The molecule has 16 heavy (non-hydrogen) atoms. The summed E-state index contributed by atoms with van der Waals surface area (Å²) in [6, 6.07) is 5.66. The van der Waals surface area contributed by atoms with Crippen LogP contribution in [0.25, 0.3) is 11.0 Å². The second-order valence-corrected chi connectivity index (χ2v) is 4.44. The van der Waals surface area contributed by atoms with Gasteiger partial charge in [0, 0.05) is 12.2 Å². The van der Waals surface area contributed by atoms with Crippen molar-refractivity contribution in [1.82, 2.24) is 9.55 Å². The molecular weight excluding hydrogens is 202 g/mol. The minimum absolute atomic E-state index is 0.0404. The first-order chi connectivity index (χ1) is 7.61. The number of anilines is 1. The van der Waals surface area contributed by atoms with Crippen molar-refractivity contribution in [3.05, 3.63) is 24.0 Å². The van der Waals surface area contributed by atoms with Crippen molar-refractivity contribution in [1.29, 1.82) is 0 Å². The second kappa shape index (κ2) is 4.14. The molecule has 0 fully saturated rings. The standard InChI is InChI=1S/C12H17N3O/c1-8(2)6-15-11-4-3-9(13)5-10(11)14-12(15)7-16/h3-5,8,16H,6-7,13H2,1-2H3. The third-order valence-electron chi connectivity index (χ3n) is 2.54. The van der Waals surface area contributed by atoms with E-state index in [4.69, 9.17) is 5.73 Å².